The Kier molecular flexibility index (Phi) is 12.2. The highest BCUT2D eigenvalue weighted by molar-refractivity contribution is 5.92. The van der Waals surface area contributed by atoms with Crippen LogP contribution in [-0.2, 0) is 18.9 Å². The predicted molar refractivity (Wildman–Crippen MR) is 184 cm³/mol. The summed E-state index contributed by atoms with van der Waals surface area (Å²) in [6.07, 6.45) is -2.64. The number of ether oxygens (including phenoxy) is 4. The molecule has 256 valence electrons. The molecule has 2 aromatic heterocycles. The van der Waals surface area contributed by atoms with E-state index < -0.39 is 35.2 Å². The summed E-state index contributed by atoms with van der Waals surface area (Å²) in [5.41, 5.74) is 5.39. The molecule has 0 saturated heterocycles. The second-order valence-corrected chi connectivity index (χ2v) is 14.3. The molecular formula is C37H46N4O7. The highest BCUT2D eigenvalue weighted by Crippen LogP contribution is 2.25. The van der Waals surface area contributed by atoms with Crippen molar-refractivity contribution in [3.8, 4) is 12.1 Å². The Morgan fingerprint density at radius 1 is 0.625 bits per heavy atom. The summed E-state index contributed by atoms with van der Waals surface area (Å²) < 4.78 is 20.5. The summed E-state index contributed by atoms with van der Waals surface area (Å²) >= 11 is 0. The first-order valence-corrected chi connectivity index (χ1v) is 15.3. The van der Waals surface area contributed by atoms with Gasteiger partial charge in [0.25, 0.3) is 0 Å². The first-order valence-electron chi connectivity index (χ1n) is 15.3. The molecule has 0 aliphatic heterocycles. The Morgan fingerprint density at radius 2 is 1.08 bits per heavy atom. The standard InChI is InChI=1S/C16H18N2O2.C11H10N2.C10H18O5/c1-10-6-12-8-13(9-17)18(14(12)7-11(10)2)15(19)20-16(3,4)5;1-7-3-9-5-10(6-12)13-11(9)4-8(7)2;1-9(2,3)14-7(11)13-8(12)15-10(4,5)6/h6-8H,1-5H3;3-5,13H,1-2H3;1-6H3. The Labute approximate surface area is 282 Å². The Morgan fingerprint density at radius 3 is 1.54 bits per heavy atom. The number of nitrogens with zero attached hydrogens (tertiary/aromatic N) is 3. The number of H-pyrrole nitrogens is 1. The van der Waals surface area contributed by atoms with E-state index in [0.29, 0.717) is 16.9 Å². The number of nitriles is 2. The van der Waals surface area contributed by atoms with Crippen LogP contribution in [0, 0.1) is 50.4 Å². The Balaban J connectivity index is 0.000000257. The number of carbonyl (C=O) groups is 3. The first-order chi connectivity index (χ1) is 21.9. The van der Waals surface area contributed by atoms with Gasteiger partial charge in [0.2, 0.25) is 0 Å². The largest absolute Gasteiger partial charge is 0.519 e. The third-order valence-electron chi connectivity index (χ3n) is 6.41. The van der Waals surface area contributed by atoms with Crippen molar-refractivity contribution in [1.82, 2.24) is 9.55 Å². The molecule has 0 aliphatic carbocycles. The molecule has 2 heterocycles. The van der Waals surface area contributed by atoms with E-state index in [2.05, 4.69) is 47.8 Å². The van der Waals surface area contributed by atoms with Crippen LogP contribution in [-0.4, -0.2) is 44.8 Å². The van der Waals surface area contributed by atoms with Crippen molar-refractivity contribution in [2.45, 2.75) is 107 Å². The van der Waals surface area contributed by atoms with Gasteiger partial charge in [-0.05, 0) is 149 Å². The lowest BCUT2D eigenvalue weighted by atomic mass is 10.1. The summed E-state index contributed by atoms with van der Waals surface area (Å²) in [5.74, 6) is 0. The lowest BCUT2D eigenvalue weighted by molar-refractivity contribution is -0.0294. The number of rotatable bonds is 0. The van der Waals surface area contributed by atoms with E-state index in [9.17, 15) is 19.6 Å². The van der Waals surface area contributed by atoms with Gasteiger partial charge in [0, 0.05) is 16.3 Å². The minimum Gasteiger partial charge on any atom is -0.443 e. The zero-order valence-corrected chi connectivity index (χ0v) is 30.2. The molecular weight excluding hydrogens is 612 g/mol. The van der Waals surface area contributed by atoms with Crippen LogP contribution >= 0.6 is 0 Å². The quantitative estimate of drug-likeness (QED) is 0.110. The third kappa shape index (κ3) is 11.8. The van der Waals surface area contributed by atoms with Gasteiger partial charge in [0.1, 0.15) is 40.3 Å². The van der Waals surface area contributed by atoms with Gasteiger partial charge < -0.3 is 23.9 Å². The Bertz CT molecular complexity index is 1830. The first kappa shape index (κ1) is 38.9. The van der Waals surface area contributed by atoms with Gasteiger partial charge in [-0.25, -0.2) is 19.0 Å². The van der Waals surface area contributed by atoms with E-state index in [-0.39, 0.29) is 0 Å². The van der Waals surface area contributed by atoms with Crippen molar-refractivity contribution < 1.29 is 33.3 Å². The number of hydrogen-bond acceptors (Lipinski definition) is 9. The van der Waals surface area contributed by atoms with Crippen molar-refractivity contribution >= 4 is 40.2 Å². The highest BCUT2D eigenvalue weighted by atomic mass is 16.8. The van der Waals surface area contributed by atoms with Crippen molar-refractivity contribution in [2.24, 2.45) is 0 Å². The number of nitrogens with one attached hydrogen (secondary N) is 1. The van der Waals surface area contributed by atoms with Gasteiger partial charge in [0.15, 0.2) is 0 Å². The van der Waals surface area contributed by atoms with Gasteiger partial charge in [0.05, 0.1) is 5.52 Å². The number of aromatic amines is 1. The van der Waals surface area contributed by atoms with Gasteiger partial charge in [-0.2, -0.15) is 10.5 Å². The maximum atomic E-state index is 12.3. The predicted octanol–water partition coefficient (Wildman–Crippen LogP) is 9.44. The molecule has 0 amide bonds. The normalized spacial score (nSPS) is 11.2. The van der Waals surface area contributed by atoms with Crippen LogP contribution < -0.4 is 0 Å². The molecule has 0 atom stereocenters. The van der Waals surface area contributed by atoms with E-state index >= 15 is 0 Å². The zero-order valence-electron chi connectivity index (χ0n) is 30.2. The number of benzene rings is 2. The Hall–Kier alpha value is -5.29. The number of fused-ring (bicyclic) bond motifs is 2. The molecule has 2 aromatic carbocycles. The van der Waals surface area contributed by atoms with E-state index in [1.165, 1.54) is 15.7 Å². The number of carbonyl (C=O) groups excluding carboxylic acids is 3. The summed E-state index contributed by atoms with van der Waals surface area (Å²) in [7, 11) is 0. The topological polar surface area (TPSA) is 156 Å². The van der Waals surface area contributed by atoms with Gasteiger partial charge in [-0.1, -0.05) is 0 Å². The van der Waals surface area contributed by atoms with Crippen LogP contribution in [0.25, 0.3) is 21.8 Å². The molecule has 11 nitrogen and oxygen atoms in total. The molecule has 0 radical (unpaired) electrons. The fourth-order valence-corrected chi connectivity index (χ4v) is 4.13. The molecule has 48 heavy (non-hydrogen) atoms. The average Bonchev–Trinajstić information content (AvgIpc) is 3.46. The third-order valence-corrected chi connectivity index (χ3v) is 6.41. The maximum absolute atomic E-state index is 12.3. The lowest BCUT2D eigenvalue weighted by Crippen LogP contribution is -2.29. The monoisotopic (exact) mass is 658 g/mol. The molecule has 0 saturated carbocycles. The summed E-state index contributed by atoms with van der Waals surface area (Å²) in [6, 6.07) is 15.8. The van der Waals surface area contributed by atoms with Crippen LogP contribution in [0.4, 0.5) is 14.4 Å². The van der Waals surface area contributed by atoms with Crippen molar-refractivity contribution in [1.29, 1.82) is 10.5 Å². The fourth-order valence-electron chi connectivity index (χ4n) is 4.13. The minimum atomic E-state index is -1.06. The zero-order chi connectivity index (χ0) is 36.8. The lowest BCUT2D eigenvalue weighted by Gasteiger charge is -2.20. The number of hydrogen-bond donors (Lipinski definition) is 1. The van der Waals surface area contributed by atoms with Crippen LogP contribution in [0.2, 0.25) is 0 Å². The highest BCUT2D eigenvalue weighted by Gasteiger charge is 2.25. The van der Waals surface area contributed by atoms with Gasteiger partial charge in [-0.15, -0.1) is 0 Å². The smallest absolute Gasteiger partial charge is 0.443 e. The number of aryl methyl sites for hydroxylation is 4. The van der Waals surface area contributed by atoms with Crippen molar-refractivity contribution in [3.05, 3.63) is 70.0 Å². The molecule has 4 aromatic rings. The van der Waals surface area contributed by atoms with E-state index in [4.69, 9.17) is 19.5 Å². The second-order valence-electron chi connectivity index (χ2n) is 14.3. The fraction of sp³-hybridized carbons (Fsp3) is 0.432. The van der Waals surface area contributed by atoms with Gasteiger partial charge in [-0.3, -0.25) is 0 Å². The molecule has 0 fully saturated rings. The van der Waals surface area contributed by atoms with E-state index in [1.54, 1.807) is 68.4 Å². The van der Waals surface area contributed by atoms with Crippen LogP contribution in [0.3, 0.4) is 0 Å². The van der Waals surface area contributed by atoms with Crippen molar-refractivity contribution in [2.75, 3.05) is 0 Å². The molecule has 11 heteroatoms. The molecule has 0 spiro atoms. The minimum absolute atomic E-state index is 0.291. The molecule has 0 bridgehead atoms. The molecule has 4 rings (SSSR count). The molecule has 0 aliphatic rings. The summed E-state index contributed by atoms with van der Waals surface area (Å²) in [4.78, 5) is 37.4. The van der Waals surface area contributed by atoms with Crippen LogP contribution in [0.15, 0.2) is 36.4 Å². The SMILES string of the molecule is CC(C)(C)OC(=O)OC(=O)OC(C)(C)C.Cc1cc2cc(C#N)[nH]c2cc1C.Cc1cc2cc(C#N)n(C(=O)OC(C)(C)C)c2cc1C. The second kappa shape index (κ2) is 15.1. The maximum Gasteiger partial charge on any atom is 0.519 e. The average molecular weight is 659 g/mol. The summed E-state index contributed by atoms with van der Waals surface area (Å²) in [6.45, 7) is 23.6. The molecule has 1 N–H and O–H groups in total. The van der Waals surface area contributed by atoms with Gasteiger partial charge >= 0.3 is 18.4 Å². The van der Waals surface area contributed by atoms with Crippen molar-refractivity contribution in [3.63, 3.8) is 0 Å². The molecule has 0 unspecified atom stereocenters. The summed E-state index contributed by atoms with van der Waals surface area (Å²) in [5, 5.41) is 19.9. The van der Waals surface area contributed by atoms with E-state index in [0.717, 1.165) is 27.4 Å². The van der Waals surface area contributed by atoms with Crippen LogP contribution in [0.5, 0.6) is 0 Å². The van der Waals surface area contributed by atoms with E-state index in [1.807, 2.05) is 32.0 Å². The van der Waals surface area contributed by atoms with Crippen LogP contribution in [0.1, 0.15) is 96.0 Å². The number of aromatic nitrogens is 2.